The van der Waals surface area contributed by atoms with E-state index in [-0.39, 0.29) is 13.2 Å². The van der Waals surface area contributed by atoms with Crippen LogP contribution in [-0.4, -0.2) is 82.4 Å². The van der Waals surface area contributed by atoms with Crippen molar-refractivity contribution >= 4 is 20.0 Å². The minimum absolute atomic E-state index is 0.215. The lowest BCUT2D eigenvalue weighted by Gasteiger charge is -2.33. The molecule has 0 aromatic carbocycles. The number of alkyl halides is 6. The molecule has 0 heterocycles. The Hall–Kier alpha value is -0.680. The summed E-state index contributed by atoms with van der Waals surface area (Å²) >= 11 is 0. The molecule has 0 amide bonds. The molecule has 31 heavy (non-hydrogen) atoms. The fourth-order valence-corrected chi connectivity index (χ4v) is 4.02. The van der Waals surface area contributed by atoms with E-state index in [1.165, 1.54) is 38.5 Å². The molecule has 0 aromatic rings. The predicted molar refractivity (Wildman–Crippen MR) is 102 cm³/mol. The smallest absolute Gasteiger partial charge is 0.421 e. The molecule has 0 unspecified atom stereocenters. The number of hydrogen-bond donors (Lipinski definition) is 2. The van der Waals surface area contributed by atoms with Gasteiger partial charge in [0.25, 0.3) is 0 Å². The molecule has 0 spiro atoms. The third kappa shape index (κ3) is 13.5. The second kappa shape index (κ2) is 13.8. The number of halogens is 6. The lowest BCUT2D eigenvalue weighted by molar-refractivity contribution is -0.910. The lowest BCUT2D eigenvalue weighted by atomic mass is 10.1. The molecule has 16 heteroatoms. The summed E-state index contributed by atoms with van der Waals surface area (Å²) in [5.74, 6) is 0. The van der Waals surface area contributed by atoms with E-state index >= 15 is 0 Å². The summed E-state index contributed by atoms with van der Waals surface area (Å²) in [7, 11) is -11.3. The standard InChI is InChI=1S/C13H30NO2.C2F6NO4S2/c1-3-4-5-6-7-8-9-14(2,10-12-15)11-13-16;3-1(4,5)14(10,11)9-15(12,13)2(6,7)8/h15-16H,3-13H2,1-2H3;/q+1;-1. The van der Waals surface area contributed by atoms with Gasteiger partial charge in [-0.25, -0.2) is 16.8 Å². The summed E-state index contributed by atoms with van der Waals surface area (Å²) in [6, 6.07) is 0. The van der Waals surface area contributed by atoms with Crippen LogP contribution in [0, 0.1) is 0 Å². The zero-order valence-corrected chi connectivity index (χ0v) is 18.9. The van der Waals surface area contributed by atoms with Crippen molar-refractivity contribution in [3.63, 3.8) is 0 Å². The Balaban J connectivity index is 0. The Morgan fingerprint density at radius 3 is 1.39 bits per heavy atom. The molecule has 0 fully saturated rings. The molecule has 0 radical (unpaired) electrons. The van der Waals surface area contributed by atoms with E-state index in [1.807, 2.05) is 0 Å². The molecule has 0 aliphatic rings. The Morgan fingerprint density at radius 1 is 0.710 bits per heavy atom. The van der Waals surface area contributed by atoms with Crippen molar-refractivity contribution in [2.45, 2.75) is 56.5 Å². The summed E-state index contributed by atoms with van der Waals surface area (Å²) in [4.78, 5) is 0. The van der Waals surface area contributed by atoms with Crippen molar-refractivity contribution in [2.75, 3.05) is 39.9 Å². The van der Waals surface area contributed by atoms with E-state index in [0.717, 1.165) is 28.2 Å². The van der Waals surface area contributed by atoms with Gasteiger partial charge >= 0.3 is 11.0 Å². The average Bonchev–Trinajstić information content (AvgIpc) is 2.56. The van der Waals surface area contributed by atoms with Crippen LogP contribution in [-0.2, 0) is 20.0 Å². The van der Waals surface area contributed by atoms with Crippen LogP contribution in [0.2, 0.25) is 0 Å². The highest BCUT2D eigenvalue weighted by Gasteiger charge is 2.46. The molecule has 0 saturated carbocycles. The monoisotopic (exact) mass is 512 g/mol. The molecule has 0 rings (SSSR count). The predicted octanol–water partition coefficient (Wildman–Crippen LogP) is 2.84. The summed E-state index contributed by atoms with van der Waals surface area (Å²) in [6.45, 7) is 5.26. The highest BCUT2D eigenvalue weighted by atomic mass is 32.3. The number of likely N-dealkylation sites (N-methyl/N-ethyl adjacent to an activating group) is 1. The number of nitrogens with zero attached hydrogens (tertiary/aromatic N) is 2. The van der Waals surface area contributed by atoms with E-state index in [0.29, 0.717) is 0 Å². The van der Waals surface area contributed by atoms with Gasteiger partial charge < -0.3 is 18.8 Å². The van der Waals surface area contributed by atoms with Crippen LogP contribution < -0.4 is 0 Å². The van der Waals surface area contributed by atoms with Crippen LogP contribution >= 0.6 is 0 Å². The van der Waals surface area contributed by atoms with E-state index in [1.54, 1.807) is 0 Å². The Bertz CT molecular complexity index is 648. The first kappa shape index (κ1) is 32.5. The van der Waals surface area contributed by atoms with Crippen molar-refractivity contribution < 1.29 is 57.9 Å². The SMILES string of the molecule is CCCCCCCC[N+](C)(CCO)CCO.O=S(=O)([N-]S(=O)(=O)C(F)(F)F)C(F)(F)F. The minimum Gasteiger partial charge on any atom is -0.421 e. The molecular weight excluding hydrogens is 482 g/mol. The van der Waals surface area contributed by atoms with Crippen LogP contribution in [0.1, 0.15) is 45.4 Å². The molecule has 0 saturated heterocycles. The van der Waals surface area contributed by atoms with Crippen molar-refractivity contribution in [1.82, 2.24) is 0 Å². The van der Waals surface area contributed by atoms with Gasteiger partial charge in [-0.05, 0) is 12.8 Å². The van der Waals surface area contributed by atoms with Gasteiger partial charge in [0.15, 0.2) is 20.0 Å². The third-order valence-electron chi connectivity index (χ3n) is 4.11. The zero-order valence-electron chi connectivity index (χ0n) is 17.3. The number of sulfonamides is 2. The largest absolute Gasteiger partial charge is 0.480 e. The van der Waals surface area contributed by atoms with Gasteiger partial charge in [0.05, 0.1) is 26.8 Å². The maximum atomic E-state index is 11.4. The molecule has 0 aliphatic heterocycles. The van der Waals surface area contributed by atoms with Gasteiger partial charge in [-0.2, -0.15) is 26.3 Å². The third-order valence-corrected chi connectivity index (χ3v) is 6.85. The normalized spacial score (nSPS) is 13.6. The fraction of sp³-hybridized carbons (Fsp3) is 1.00. The first-order valence-electron chi connectivity index (χ1n) is 9.31. The number of rotatable bonds is 13. The first-order valence-corrected chi connectivity index (χ1v) is 12.2. The number of hydrogen-bond acceptors (Lipinski definition) is 6. The molecule has 0 bridgehead atoms. The molecule has 8 nitrogen and oxygen atoms in total. The maximum Gasteiger partial charge on any atom is 0.480 e. The molecule has 0 aliphatic carbocycles. The second-order valence-electron chi connectivity index (χ2n) is 6.92. The number of unbranched alkanes of at least 4 members (excludes halogenated alkanes) is 5. The Morgan fingerprint density at radius 2 is 1.06 bits per heavy atom. The second-order valence-corrected chi connectivity index (χ2v) is 10.3. The van der Waals surface area contributed by atoms with Gasteiger partial charge in [0, 0.05) is 0 Å². The molecule has 0 aromatic heterocycles. The Kier molecular flexibility index (Phi) is 14.4. The topological polar surface area (TPSA) is 123 Å². The van der Waals surface area contributed by atoms with Crippen molar-refractivity contribution in [2.24, 2.45) is 0 Å². The summed E-state index contributed by atoms with van der Waals surface area (Å²) in [6.07, 6.45) is 7.80. The van der Waals surface area contributed by atoms with E-state index < -0.39 is 31.1 Å². The van der Waals surface area contributed by atoms with E-state index in [9.17, 15) is 43.2 Å². The van der Waals surface area contributed by atoms with Crippen molar-refractivity contribution in [3.8, 4) is 0 Å². The fourth-order valence-electron chi connectivity index (χ4n) is 2.31. The van der Waals surface area contributed by atoms with E-state index in [4.69, 9.17) is 10.2 Å². The first-order chi connectivity index (χ1) is 13.9. The van der Waals surface area contributed by atoms with Gasteiger partial charge in [-0.1, -0.05) is 32.6 Å². The van der Waals surface area contributed by atoms with Crippen LogP contribution in [0.15, 0.2) is 0 Å². The van der Waals surface area contributed by atoms with Gasteiger partial charge in [0.1, 0.15) is 13.1 Å². The molecule has 2 N–H and O–H groups in total. The van der Waals surface area contributed by atoms with Crippen LogP contribution in [0.25, 0.3) is 4.13 Å². The summed E-state index contributed by atoms with van der Waals surface area (Å²) in [5.41, 5.74) is -12.4. The number of quaternary nitrogens is 1. The van der Waals surface area contributed by atoms with E-state index in [2.05, 4.69) is 14.0 Å². The van der Waals surface area contributed by atoms with Crippen molar-refractivity contribution in [3.05, 3.63) is 4.13 Å². The summed E-state index contributed by atoms with van der Waals surface area (Å²) in [5, 5.41) is 18.0. The minimum atomic E-state index is -6.72. The van der Waals surface area contributed by atoms with Crippen LogP contribution in [0.4, 0.5) is 26.3 Å². The molecular formula is C15H30F6N2O6S2. The molecule has 0 atom stereocenters. The highest BCUT2D eigenvalue weighted by molar-refractivity contribution is 8.13. The number of aliphatic hydroxyl groups is 2. The Labute approximate surface area is 178 Å². The summed E-state index contributed by atoms with van der Waals surface area (Å²) < 4.78 is 110. The quantitative estimate of drug-likeness (QED) is 0.222. The van der Waals surface area contributed by atoms with Gasteiger partial charge in [0.2, 0.25) is 0 Å². The highest BCUT2D eigenvalue weighted by Crippen LogP contribution is 2.36. The number of aliphatic hydroxyl groups excluding tert-OH is 2. The van der Waals surface area contributed by atoms with Crippen LogP contribution in [0.3, 0.4) is 0 Å². The van der Waals surface area contributed by atoms with Crippen molar-refractivity contribution in [1.29, 1.82) is 0 Å². The van der Waals surface area contributed by atoms with Gasteiger partial charge in [-0.15, -0.1) is 0 Å². The van der Waals surface area contributed by atoms with Gasteiger partial charge in [-0.3, -0.25) is 0 Å². The zero-order chi connectivity index (χ0) is 25.0. The molecule has 190 valence electrons. The van der Waals surface area contributed by atoms with Crippen LogP contribution in [0.5, 0.6) is 0 Å². The maximum absolute atomic E-state index is 11.4. The lowest BCUT2D eigenvalue weighted by Crippen LogP contribution is -2.48. The average molecular weight is 513 g/mol.